The van der Waals surface area contributed by atoms with Crippen molar-refractivity contribution in [3.8, 4) is 0 Å². The van der Waals surface area contributed by atoms with Crippen LogP contribution in [0.25, 0.3) is 0 Å². The van der Waals surface area contributed by atoms with Crippen LogP contribution in [0.15, 0.2) is 4.52 Å². The Balaban J connectivity index is 1.95. The van der Waals surface area contributed by atoms with Crippen LogP contribution in [0.3, 0.4) is 0 Å². The first-order valence-corrected chi connectivity index (χ1v) is 7.26. The zero-order valence-corrected chi connectivity index (χ0v) is 12.7. The van der Waals surface area contributed by atoms with Crippen LogP contribution in [-0.4, -0.2) is 28.6 Å². The lowest BCUT2D eigenvalue weighted by Gasteiger charge is -2.23. The van der Waals surface area contributed by atoms with E-state index in [0.29, 0.717) is 11.7 Å². The topological polar surface area (TPSA) is 80.0 Å². The van der Waals surface area contributed by atoms with Crippen molar-refractivity contribution >= 4 is 5.91 Å². The van der Waals surface area contributed by atoms with E-state index in [4.69, 9.17) is 4.52 Å². The van der Waals surface area contributed by atoms with E-state index >= 15 is 0 Å². The van der Waals surface area contributed by atoms with Crippen molar-refractivity contribution in [1.29, 1.82) is 0 Å². The molecular formula is C14H24N4O2. The molecule has 2 unspecified atom stereocenters. The lowest BCUT2D eigenvalue weighted by molar-refractivity contribution is -0.124. The van der Waals surface area contributed by atoms with Gasteiger partial charge in [0.05, 0.1) is 6.04 Å². The highest BCUT2D eigenvalue weighted by molar-refractivity contribution is 5.82. The molecule has 1 aliphatic heterocycles. The normalized spacial score (nSPS) is 21.5. The molecular weight excluding hydrogens is 256 g/mol. The zero-order chi connectivity index (χ0) is 14.8. The summed E-state index contributed by atoms with van der Waals surface area (Å²) in [4.78, 5) is 16.5. The first-order chi connectivity index (χ1) is 9.38. The fourth-order valence-electron chi connectivity index (χ4n) is 2.17. The van der Waals surface area contributed by atoms with Gasteiger partial charge in [-0.3, -0.25) is 4.79 Å². The summed E-state index contributed by atoms with van der Waals surface area (Å²) >= 11 is 0. The van der Waals surface area contributed by atoms with Crippen LogP contribution in [0.2, 0.25) is 0 Å². The molecule has 1 fully saturated rings. The number of aromatic nitrogens is 2. The maximum atomic E-state index is 12.1. The average Bonchev–Trinajstić information content (AvgIpc) is 2.89. The van der Waals surface area contributed by atoms with Crippen LogP contribution >= 0.6 is 0 Å². The smallest absolute Gasteiger partial charge is 0.248 e. The summed E-state index contributed by atoms with van der Waals surface area (Å²) in [5.74, 6) is 1.12. The maximum absolute atomic E-state index is 12.1. The Morgan fingerprint density at radius 1 is 1.45 bits per heavy atom. The molecule has 2 heterocycles. The SMILES string of the molecule is CC(NC(=O)C1CCCCN1)c1nc(C(C)(C)C)no1. The molecule has 20 heavy (non-hydrogen) atoms. The summed E-state index contributed by atoms with van der Waals surface area (Å²) in [5, 5.41) is 10.1. The monoisotopic (exact) mass is 280 g/mol. The molecule has 1 aromatic heterocycles. The number of rotatable bonds is 3. The summed E-state index contributed by atoms with van der Waals surface area (Å²) in [6.45, 7) is 8.84. The fourth-order valence-corrected chi connectivity index (χ4v) is 2.17. The first kappa shape index (κ1) is 15.0. The minimum absolute atomic E-state index is 0.00714. The summed E-state index contributed by atoms with van der Waals surface area (Å²) < 4.78 is 5.24. The zero-order valence-electron chi connectivity index (χ0n) is 12.7. The largest absolute Gasteiger partial charge is 0.343 e. The highest BCUT2D eigenvalue weighted by atomic mass is 16.5. The molecule has 2 atom stereocenters. The molecule has 2 rings (SSSR count). The van der Waals surface area contributed by atoms with Crippen molar-refractivity contribution in [2.24, 2.45) is 0 Å². The Hall–Kier alpha value is -1.43. The van der Waals surface area contributed by atoms with E-state index in [2.05, 4.69) is 20.8 Å². The van der Waals surface area contributed by atoms with E-state index in [-0.39, 0.29) is 23.4 Å². The quantitative estimate of drug-likeness (QED) is 0.880. The molecule has 6 heteroatoms. The molecule has 2 N–H and O–H groups in total. The lowest BCUT2D eigenvalue weighted by atomic mass is 9.96. The van der Waals surface area contributed by atoms with Gasteiger partial charge in [-0.2, -0.15) is 4.98 Å². The summed E-state index contributed by atoms with van der Waals surface area (Å²) in [6, 6.07) is -0.369. The first-order valence-electron chi connectivity index (χ1n) is 7.26. The number of amides is 1. The number of carbonyl (C=O) groups excluding carboxylic acids is 1. The molecule has 0 saturated carbocycles. The van der Waals surface area contributed by atoms with Gasteiger partial charge in [-0.05, 0) is 26.3 Å². The highest BCUT2D eigenvalue weighted by Crippen LogP contribution is 2.20. The minimum Gasteiger partial charge on any atom is -0.343 e. The lowest BCUT2D eigenvalue weighted by Crippen LogP contribution is -2.47. The Labute approximate surface area is 119 Å². The molecule has 1 saturated heterocycles. The maximum Gasteiger partial charge on any atom is 0.248 e. The molecule has 112 valence electrons. The third kappa shape index (κ3) is 3.56. The van der Waals surface area contributed by atoms with Gasteiger partial charge < -0.3 is 15.2 Å². The van der Waals surface area contributed by atoms with E-state index in [1.165, 1.54) is 0 Å². The minimum atomic E-state index is -0.269. The molecule has 1 amide bonds. The van der Waals surface area contributed by atoms with Crippen LogP contribution in [0.5, 0.6) is 0 Å². The Morgan fingerprint density at radius 3 is 2.75 bits per heavy atom. The van der Waals surface area contributed by atoms with Gasteiger partial charge in [-0.1, -0.05) is 32.3 Å². The number of hydrogen-bond donors (Lipinski definition) is 2. The predicted molar refractivity (Wildman–Crippen MR) is 75.2 cm³/mol. The number of nitrogens with zero attached hydrogens (tertiary/aromatic N) is 2. The van der Waals surface area contributed by atoms with E-state index in [1.54, 1.807) is 0 Å². The Kier molecular flexibility index (Phi) is 4.42. The number of piperidine rings is 1. The van der Waals surface area contributed by atoms with Crippen LogP contribution < -0.4 is 10.6 Å². The van der Waals surface area contributed by atoms with Crippen LogP contribution in [0.4, 0.5) is 0 Å². The van der Waals surface area contributed by atoms with Gasteiger partial charge in [0.1, 0.15) is 6.04 Å². The van der Waals surface area contributed by atoms with Gasteiger partial charge in [-0.15, -0.1) is 0 Å². The predicted octanol–water partition coefficient (Wildman–Crippen LogP) is 1.69. The van der Waals surface area contributed by atoms with Crippen LogP contribution in [0, 0.1) is 0 Å². The van der Waals surface area contributed by atoms with E-state index < -0.39 is 0 Å². The second-order valence-corrected chi connectivity index (χ2v) is 6.44. The molecule has 0 spiro atoms. The van der Waals surface area contributed by atoms with Crippen molar-refractivity contribution in [1.82, 2.24) is 20.8 Å². The number of carbonyl (C=O) groups is 1. The number of nitrogens with one attached hydrogen (secondary N) is 2. The van der Waals surface area contributed by atoms with Crippen molar-refractivity contribution in [3.05, 3.63) is 11.7 Å². The fraction of sp³-hybridized carbons (Fsp3) is 0.786. The third-order valence-electron chi connectivity index (χ3n) is 3.47. The molecule has 1 aliphatic rings. The molecule has 0 aromatic carbocycles. The van der Waals surface area contributed by atoms with Gasteiger partial charge >= 0.3 is 0 Å². The molecule has 0 radical (unpaired) electrons. The van der Waals surface area contributed by atoms with Crippen molar-refractivity contribution in [3.63, 3.8) is 0 Å². The second-order valence-electron chi connectivity index (χ2n) is 6.44. The molecule has 6 nitrogen and oxygen atoms in total. The van der Waals surface area contributed by atoms with Crippen LogP contribution in [-0.2, 0) is 10.2 Å². The molecule has 0 aliphatic carbocycles. The summed E-state index contributed by atoms with van der Waals surface area (Å²) in [6.07, 6.45) is 3.11. The van der Waals surface area contributed by atoms with Crippen LogP contribution in [0.1, 0.15) is 64.7 Å². The standard InChI is InChI=1S/C14H24N4O2/c1-9(12-17-13(18-20-12)14(2,3)4)16-11(19)10-7-5-6-8-15-10/h9-10,15H,5-8H2,1-4H3,(H,16,19). The van der Waals surface area contributed by atoms with E-state index in [1.807, 2.05) is 27.7 Å². The van der Waals surface area contributed by atoms with Gasteiger partial charge in [-0.25, -0.2) is 0 Å². The molecule has 1 aromatic rings. The summed E-state index contributed by atoms with van der Waals surface area (Å²) in [5.41, 5.74) is -0.156. The highest BCUT2D eigenvalue weighted by Gasteiger charge is 2.26. The van der Waals surface area contributed by atoms with E-state index in [9.17, 15) is 4.79 Å². The van der Waals surface area contributed by atoms with Crippen molar-refractivity contribution in [2.75, 3.05) is 6.54 Å². The van der Waals surface area contributed by atoms with Gasteiger partial charge in [0.15, 0.2) is 5.82 Å². The van der Waals surface area contributed by atoms with E-state index in [0.717, 1.165) is 25.8 Å². The van der Waals surface area contributed by atoms with Crippen molar-refractivity contribution < 1.29 is 9.32 Å². The van der Waals surface area contributed by atoms with Gasteiger partial charge in [0.2, 0.25) is 11.8 Å². The summed E-state index contributed by atoms with van der Waals surface area (Å²) in [7, 11) is 0. The number of hydrogen-bond acceptors (Lipinski definition) is 5. The average molecular weight is 280 g/mol. The Morgan fingerprint density at radius 2 is 2.20 bits per heavy atom. The second kappa shape index (κ2) is 5.91. The third-order valence-corrected chi connectivity index (χ3v) is 3.47. The molecule has 0 bridgehead atoms. The van der Waals surface area contributed by atoms with Gasteiger partial charge in [0.25, 0.3) is 0 Å². The van der Waals surface area contributed by atoms with Crippen molar-refractivity contribution in [2.45, 2.75) is 64.5 Å². The Bertz CT molecular complexity index is 458. The van der Waals surface area contributed by atoms with Gasteiger partial charge in [0, 0.05) is 5.41 Å².